The van der Waals surface area contributed by atoms with E-state index in [4.69, 9.17) is 16.3 Å². The molecule has 0 bridgehead atoms. The number of hydrogen-bond acceptors (Lipinski definition) is 5. The third kappa shape index (κ3) is 10.8. The summed E-state index contributed by atoms with van der Waals surface area (Å²) in [6.07, 6.45) is -0.448. The second-order valence-corrected chi connectivity index (χ2v) is 3.91. The van der Waals surface area contributed by atoms with Crippen LogP contribution in [0, 0.1) is 0 Å². The minimum Gasteiger partial charge on any atom is -0.415 e. The van der Waals surface area contributed by atoms with E-state index < -0.39 is 11.5 Å². The van der Waals surface area contributed by atoms with Gasteiger partial charge in [-0.05, 0) is 31.3 Å². The number of benzene rings is 2. The van der Waals surface area contributed by atoms with Gasteiger partial charge in [0.1, 0.15) is 11.5 Å². The molecule has 6 nitrogen and oxygen atoms in total. The molecular formula is C16H19ClN2O4. The molecule has 0 aliphatic heterocycles. The highest BCUT2D eigenvalue weighted by atomic mass is 35.5. The Labute approximate surface area is 140 Å². The molecule has 0 saturated heterocycles. The summed E-state index contributed by atoms with van der Waals surface area (Å²) in [6.45, 7) is 0. The lowest BCUT2D eigenvalue weighted by Gasteiger charge is -2.00. The molecule has 7 heteroatoms. The third-order valence-corrected chi connectivity index (χ3v) is 2.18. The van der Waals surface area contributed by atoms with E-state index in [0.717, 1.165) is 0 Å². The number of amides is 1. The van der Waals surface area contributed by atoms with Gasteiger partial charge in [-0.3, -0.25) is 0 Å². The number of carbonyl (C=O) groups excluding carboxylic acids is 2. The van der Waals surface area contributed by atoms with Crippen molar-refractivity contribution in [1.29, 1.82) is 0 Å². The quantitative estimate of drug-likeness (QED) is 0.819. The summed E-state index contributed by atoms with van der Waals surface area (Å²) in [7, 11) is 3.02. The van der Waals surface area contributed by atoms with Crippen LogP contribution in [0.1, 0.15) is 0 Å². The number of halogens is 1. The molecule has 0 aliphatic carbocycles. The number of nitrogens with one attached hydrogen (secondary N) is 1. The fourth-order valence-corrected chi connectivity index (χ4v) is 1.32. The number of ether oxygens (including phenoxy) is 2. The lowest BCUT2D eigenvalue weighted by atomic mass is 10.3. The van der Waals surface area contributed by atoms with Crippen molar-refractivity contribution in [3.8, 4) is 11.5 Å². The van der Waals surface area contributed by atoms with Gasteiger partial charge in [0.25, 0.3) is 0 Å². The third-order valence-electron chi connectivity index (χ3n) is 2.10. The summed E-state index contributed by atoms with van der Waals surface area (Å²) in [5.41, 5.74) is 3.69. The van der Waals surface area contributed by atoms with Crippen LogP contribution in [-0.4, -0.2) is 25.6 Å². The van der Waals surface area contributed by atoms with Gasteiger partial charge in [-0.1, -0.05) is 36.4 Å². The fraction of sp³-hybridized carbons (Fsp3) is 0.125. The minimum atomic E-state index is -0.814. The van der Waals surface area contributed by atoms with Gasteiger partial charge in [0.05, 0.1) is 0 Å². The molecule has 0 aromatic heterocycles. The topological polar surface area (TPSA) is 90.6 Å². The van der Waals surface area contributed by atoms with Crippen molar-refractivity contribution >= 4 is 23.1 Å². The first-order chi connectivity index (χ1) is 11.1. The highest BCUT2D eigenvalue weighted by molar-refractivity contribution is 6.61. The normalized spacial score (nSPS) is 8.35. The zero-order valence-corrected chi connectivity index (χ0v) is 13.6. The van der Waals surface area contributed by atoms with E-state index in [0.29, 0.717) is 11.5 Å². The molecule has 0 atom stereocenters. The predicted molar refractivity (Wildman–Crippen MR) is 90.0 cm³/mol. The van der Waals surface area contributed by atoms with Crippen LogP contribution in [0.3, 0.4) is 0 Å². The lowest BCUT2D eigenvalue weighted by molar-refractivity contribution is 0.203. The van der Waals surface area contributed by atoms with Crippen LogP contribution in [0.4, 0.5) is 9.59 Å². The van der Waals surface area contributed by atoms with Crippen LogP contribution in [0.5, 0.6) is 11.5 Å². The molecule has 0 saturated carbocycles. The monoisotopic (exact) mass is 338 g/mol. The fourth-order valence-electron chi connectivity index (χ4n) is 1.23. The first-order valence-electron chi connectivity index (χ1n) is 6.56. The summed E-state index contributed by atoms with van der Waals surface area (Å²) in [4.78, 5) is 20.8. The Morgan fingerprint density at radius 3 is 1.61 bits per heavy atom. The molecule has 1 amide bonds. The molecule has 23 heavy (non-hydrogen) atoms. The molecule has 0 unspecified atom stereocenters. The van der Waals surface area contributed by atoms with Crippen molar-refractivity contribution in [2.75, 3.05) is 14.1 Å². The van der Waals surface area contributed by atoms with Crippen molar-refractivity contribution in [3.63, 3.8) is 0 Å². The predicted octanol–water partition coefficient (Wildman–Crippen LogP) is 3.40. The van der Waals surface area contributed by atoms with E-state index >= 15 is 0 Å². The van der Waals surface area contributed by atoms with Crippen LogP contribution in [0.2, 0.25) is 0 Å². The molecule has 2 aromatic rings. The summed E-state index contributed by atoms with van der Waals surface area (Å²) in [6, 6.07) is 17.5. The molecule has 0 aliphatic rings. The maximum absolute atomic E-state index is 10.6. The van der Waals surface area contributed by atoms with E-state index in [2.05, 4.69) is 15.8 Å². The second kappa shape index (κ2) is 13.1. The molecule has 124 valence electrons. The van der Waals surface area contributed by atoms with Gasteiger partial charge in [-0.15, -0.1) is 0 Å². The Balaban J connectivity index is 0.000000381. The van der Waals surface area contributed by atoms with Crippen LogP contribution in [-0.2, 0) is 0 Å². The van der Waals surface area contributed by atoms with Crippen molar-refractivity contribution in [2.24, 2.45) is 5.73 Å². The first-order valence-corrected chi connectivity index (χ1v) is 6.94. The summed E-state index contributed by atoms with van der Waals surface area (Å²) in [5, 5.41) is 2.35. The maximum atomic E-state index is 10.6. The summed E-state index contributed by atoms with van der Waals surface area (Å²) in [5.74, 6) is 1.01. The number of rotatable bonds is 2. The highest BCUT2D eigenvalue weighted by Gasteiger charge is 1.97. The molecule has 2 aromatic carbocycles. The number of hydrogen-bond donors (Lipinski definition) is 2. The number of carbonyl (C=O) groups is 2. The molecule has 0 spiro atoms. The van der Waals surface area contributed by atoms with Gasteiger partial charge >= 0.3 is 11.5 Å². The molecular weight excluding hydrogens is 320 g/mol. The van der Waals surface area contributed by atoms with Crippen molar-refractivity contribution < 1.29 is 19.1 Å². The van der Waals surface area contributed by atoms with E-state index in [-0.39, 0.29) is 0 Å². The van der Waals surface area contributed by atoms with Crippen LogP contribution >= 0.6 is 11.6 Å². The first kappa shape index (κ1) is 20.4. The molecule has 3 N–H and O–H groups in total. The zero-order valence-electron chi connectivity index (χ0n) is 12.9. The molecule has 0 fully saturated rings. The maximum Gasteiger partial charge on any atom is 0.412 e. The smallest absolute Gasteiger partial charge is 0.412 e. The molecule has 0 radical (unpaired) electrons. The SMILES string of the molecule is CN.CNC(=O)Oc1ccccc1.O=C(Cl)Oc1ccccc1. The zero-order chi connectivity index (χ0) is 17.5. The Bertz CT molecular complexity index is 565. The Morgan fingerprint density at radius 1 is 0.870 bits per heavy atom. The Kier molecular flexibility index (Phi) is 11.7. The average Bonchev–Trinajstić information content (AvgIpc) is 2.58. The van der Waals surface area contributed by atoms with Crippen molar-refractivity contribution in [2.45, 2.75) is 0 Å². The van der Waals surface area contributed by atoms with E-state index in [1.165, 1.54) is 14.1 Å². The second-order valence-electron chi connectivity index (χ2n) is 3.61. The summed E-state index contributed by atoms with van der Waals surface area (Å²) < 4.78 is 9.35. The van der Waals surface area contributed by atoms with Gasteiger partial charge in [0, 0.05) is 18.6 Å². The van der Waals surface area contributed by atoms with E-state index in [9.17, 15) is 9.59 Å². The van der Waals surface area contributed by atoms with Gasteiger partial charge in [0.2, 0.25) is 0 Å². The van der Waals surface area contributed by atoms with Crippen molar-refractivity contribution in [1.82, 2.24) is 5.32 Å². The van der Waals surface area contributed by atoms with Gasteiger partial charge in [-0.2, -0.15) is 0 Å². The van der Waals surface area contributed by atoms with E-state index in [1.807, 2.05) is 12.1 Å². The van der Waals surface area contributed by atoms with Crippen molar-refractivity contribution in [3.05, 3.63) is 60.7 Å². The Hall–Kier alpha value is -2.57. The number of nitrogens with two attached hydrogens (primary N) is 1. The Morgan fingerprint density at radius 2 is 1.26 bits per heavy atom. The minimum absolute atomic E-state index is 0.448. The van der Waals surface area contributed by atoms with Gasteiger partial charge < -0.3 is 20.5 Å². The van der Waals surface area contributed by atoms with Gasteiger partial charge in [-0.25, -0.2) is 9.59 Å². The average molecular weight is 339 g/mol. The van der Waals surface area contributed by atoms with Gasteiger partial charge in [0.15, 0.2) is 0 Å². The standard InChI is InChI=1S/C8H9NO2.C7H5ClO2.CH5N/c1-9-8(10)11-7-5-3-2-4-6-7;8-7(9)10-6-4-2-1-3-5-6;1-2/h2-6H,1H3,(H,9,10);1-5H;2H2,1H3. The molecule has 2 rings (SSSR count). The van der Waals surface area contributed by atoms with Crippen LogP contribution < -0.4 is 20.5 Å². The summed E-state index contributed by atoms with van der Waals surface area (Å²) >= 11 is 4.95. The molecule has 0 heterocycles. The van der Waals surface area contributed by atoms with Crippen LogP contribution in [0.25, 0.3) is 0 Å². The largest absolute Gasteiger partial charge is 0.415 e. The number of para-hydroxylation sites is 2. The van der Waals surface area contributed by atoms with E-state index in [1.54, 1.807) is 48.5 Å². The van der Waals surface area contributed by atoms with Crippen LogP contribution in [0.15, 0.2) is 60.7 Å². The highest BCUT2D eigenvalue weighted by Crippen LogP contribution is 2.09. The lowest BCUT2D eigenvalue weighted by Crippen LogP contribution is -2.21.